The molecule has 4 nitrogen and oxygen atoms in total. The van der Waals surface area contributed by atoms with Gasteiger partial charge in [-0.25, -0.2) is 0 Å². The molecule has 0 fully saturated rings. The molecule has 22 heavy (non-hydrogen) atoms. The van der Waals surface area contributed by atoms with E-state index in [0.717, 1.165) is 27.5 Å². The van der Waals surface area contributed by atoms with Crippen LogP contribution in [0.1, 0.15) is 5.69 Å². The number of halogens is 1. The summed E-state index contributed by atoms with van der Waals surface area (Å²) in [5.41, 5.74) is 2.04. The Morgan fingerprint density at radius 1 is 1.23 bits per heavy atom. The molecule has 0 aliphatic rings. The lowest BCUT2D eigenvalue weighted by molar-refractivity contribution is -0.121. The van der Waals surface area contributed by atoms with Crippen molar-refractivity contribution in [2.45, 2.75) is 13.0 Å². The Balaban J connectivity index is 1.57. The first-order valence-corrected chi connectivity index (χ1v) is 7.93. The first kappa shape index (κ1) is 14.8. The largest absolute Gasteiger partial charge is 0.354 e. The Bertz CT molecular complexity index is 783. The van der Waals surface area contributed by atoms with Crippen LogP contribution in [-0.4, -0.2) is 22.0 Å². The number of hydrogen-bond acceptors (Lipinski definition) is 2. The normalized spacial score (nSPS) is 10.8. The van der Waals surface area contributed by atoms with Crippen LogP contribution in [0.3, 0.4) is 0 Å². The molecule has 0 spiro atoms. The number of pyridine rings is 1. The van der Waals surface area contributed by atoms with Crippen molar-refractivity contribution in [2.24, 2.45) is 0 Å². The Hall–Kier alpha value is -2.14. The third-order valence-corrected chi connectivity index (χ3v) is 3.97. The zero-order valence-electron chi connectivity index (χ0n) is 12.0. The van der Waals surface area contributed by atoms with Crippen molar-refractivity contribution in [1.82, 2.24) is 14.9 Å². The minimum atomic E-state index is 0.0105. The highest BCUT2D eigenvalue weighted by atomic mass is 79.9. The molecule has 2 aromatic heterocycles. The second-order valence-electron chi connectivity index (χ2n) is 5.07. The molecule has 1 N–H and O–H groups in total. The molecule has 0 aliphatic carbocycles. The maximum atomic E-state index is 12.0. The van der Waals surface area contributed by atoms with Gasteiger partial charge in [-0.15, -0.1) is 0 Å². The van der Waals surface area contributed by atoms with Crippen molar-refractivity contribution in [1.29, 1.82) is 0 Å². The van der Waals surface area contributed by atoms with E-state index in [1.165, 1.54) is 0 Å². The van der Waals surface area contributed by atoms with Crippen molar-refractivity contribution >= 4 is 32.7 Å². The summed E-state index contributed by atoms with van der Waals surface area (Å²) in [5, 5.41) is 4.06. The summed E-state index contributed by atoms with van der Waals surface area (Å²) in [4.78, 5) is 16.3. The van der Waals surface area contributed by atoms with E-state index in [1.54, 1.807) is 6.20 Å². The quantitative estimate of drug-likeness (QED) is 0.762. The van der Waals surface area contributed by atoms with Gasteiger partial charge in [-0.05, 0) is 36.4 Å². The molecule has 0 atom stereocenters. The maximum Gasteiger partial charge on any atom is 0.239 e. The number of rotatable bonds is 5. The van der Waals surface area contributed by atoms with Crippen LogP contribution in [0, 0.1) is 0 Å². The van der Waals surface area contributed by atoms with Gasteiger partial charge in [0.15, 0.2) is 0 Å². The van der Waals surface area contributed by atoms with Crippen LogP contribution in [0.15, 0.2) is 59.3 Å². The second kappa shape index (κ2) is 6.75. The molecular weight excluding hydrogens is 342 g/mol. The van der Waals surface area contributed by atoms with Gasteiger partial charge >= 0.3 is 0 Å². The van der Waals surface area contributed by atoms with E-state index >= 15 is 0 Å². The molecule has 0 bridgehead atoms. The van der Waals surface area contributed by atoms with Crippen LogP contribution in [-0.2, 0) is 17.8 Å². The first-order valence-electron chi connectivity index (χ1n) is 7.13. The summed E-state index contributed by atoms with van der Waals surface area (Å²) < 4.78 is 3.00. The SMILES string of the molecule is O=C(Cn1ccc2cc(Br)ccc21)NCCc1ccccn1. The molecular formula is C17H16BrN3O. The van der Waals surface area contributed by atoms with Crippen LogP contribution in [0.2, 0.25) is 0 Å². The van der Waals surface area contributed by atoms with Gasteiger partial charge in [0.2, 0.25) is 5.91 Å². The number of benzene rings is 1. The molecule has 3 aromatic rings. The predicted molar refractivity (Wildman–Crippen MR) is 90.6 cm³/mol. The monoisotopic (exact) mass is 357 g/mol. The highest BCUT2D eigenvalue weighted by molar-refractivity contribution is 9.10. The van der Waals surface area contributed by atoms with Crippen LogP contribution in [0.5, 0.6) is 0 Å². The second-order valence-corrected chi connectivity index (χ2v) is 5.98. The van der Waals surface area contributed by atoms with E-state index in [-0.39, 0.29) is 5.91 Å². The van der Waals surface area contributed by atoms with E-state index in [2.05, 4.69) is 26.2 Å². The first-order chi connectivity index (χ1) is 10.7. The van der Waals surface area contributed by atoms with E-state index in [0.29, 0.717) is 13.1 Å². The molecule has 2 heterocycles. The van der Waals surface area contributed by atoms with Gasteiger partial charge < -0.3 is 9.88 Å². The molecule has 0 radical (unpaired) electrons. The summed E-state index contributed by atoms with van der Waals surface area (Å²) in [6.07, 6.45) is 4.45. The lowest BCUT2D eigenvalue weighted by atomic mass is 10.2. The van der Waals surface area contributed by atoms with Gasteiger partial charge in [0.05, 0.1) is 0 Å². The van der Waals surface area contributed by atoms with E-state index in [9.17, 15) is 4.79 Å². The van der Waals surface area contributed by atoms with Gasteiger partial charge in [0, 0.05) is 46.4 Å². The summed E-state index contributed by atoms with van der Waals surface area (Å²) >= 11 is 3.45. The number of hydrogen-bond donors (Lipinski definition) is 1. The van der Waals surface area contributed by atoms with E-state index in [4.69, 9.17) is 0 Å². The van der Waals surface area contributed by atoms with Crippen molar-refractivity contribution in [3.05, 3.63) is 65.0 Å². The standard InChI is InChI=1S/C17H16BrN3O/c18-14-4-5-16-13(11-14)7-10-21(16)12-17(22)20-9-6-15-3-1-2-8-19-15/h1-5,7-8,10-11H,6,9,12H2,(H,20,22). The summed E-state index contributed by atoms with van der Waals surface area (Å²) in [6, 6.07) is 13.9. The Morgan fingerprint density at radius 2 is 2.14 bits per heavy atom. The van der Waals surface area contributed by atoms with E-state index in [1.807, 2.05) is 53.2 Å². The van der Waals surface area contributed by atoms with Gasteiger partial charge in [0.25, 0.3) is 0 Å². The number of carbonyl (C=O) groups excluding carboxylic acids is 1. The van der Waals surface area contributed by atoms with Gasteiger partial charge in [-0.2, -0.15) is 0 Å². The number of nitrogens with one attached hydrogen (secondary N) is 1. The summed E-state index contributed by atoms with van der Waals surface area (Å²) in [5.74, 6) is 0.0105. The molecule has 3 rings (SSSR count). The lowest BCUT2D eigenvalue weighted by Gasteiger charge is -2.07. The maximum absolute atomic E-state index is 12.0. The molecule has 0 unspecified atom stereocenters. The Morgan fingerprint density at radius 3 is 2.95 bits per heavy atom. The number of amides is 1. The molecule has 112 valence electrons. The molecule has 1 amide bonds. The molecule has 0 saturated carbocycles. The topological polar surface area (TPSA) is 46.9 Å². The fourth-order valence-electron chi connectivity index (χ4n) is 2.40. The average molecular weight is 358 g/mol. The Kier molecular flexibility index (Phi) is 4.53. The molecule has 0 aliphatic heterocycles. The van der Waals surface area contributed by atoms with Crippen molar-refractivity contribution in [3.63, 3.8) is 0 Å². The average Bonchev–Trinajstić information content (AvgIpc) is 2.90. The van der Waals surface area contributed by atoms with Crippen molar-refractivity contribution < 1.29 is 4.79 Å². The fourth-order valence-corrected chi connectivity index (χ4v) is 2.77. The molecule has 1 aromatic carbocycles. The third kappa shape index (κ3) is 3.54. The third-order valence-electron chi connectivity index (χ3n) is 3.48. The lowest BCUT2D eigenvalue weighted by Crippen LogP contribution is -2.29. The van der Waals surface area contributed by atoms with Crippen molar-refractivity contribution in [3.8, 4) is 0 Å². The number of carbonyl (C=O) groups is 1. The smallest absolute Gasteiger partial charge is 0.239 e. The number of fused-ring (bicyclic) bond motifs is 1. The van der Waals surface area contributed by atoms with Gasteiger partial charge in [-0.1, -0.05) is 22.0 Å². The van der Waals surface area contributed by atoms with Crippen molar-refractivity contribution in [2.75, 3.05) is 6.54 Å². The summed E-state index contributed by atoms with van der Waals surface area (Å²) in [6.45, 7) is 0.925. The zero-order chi connectivity index (χ0) is 15.4. The number of nitrogens with zero attached hydrogens (tertiary/aromatic N) is 2. The van der Waals surface area contributed by atoms with Crippen LogP contribution < -0.4 is 5.32 Å². The molecule has 5 heteroatoms. The Labute approximate surface area is 137 Å². The van der Waals surface area contributed by atoms with E-state index < -0.39 is 0 Å². The summed E-state index contributed by atoms with van der Waals surface area (Å²) in [7, 11) is 0. The number of aromatic nitrogens is 2. The molecule has 0 saturated heterocycles. The minimum Gasteiger partial charge on any atom is -0.354 e. The highest BCUT2D eigenvalue weighted by Crippen LogP contribution is 2.20. The minimum absolute atomic E-state index is 0.0105. The zero-order valence-corrected chi connectivity index (χ0v) is 13.6. The van der Waals surface area contributed by atoms with Gasteiger partial charge in [0.1, 0.15) is 6.54 Å². The predicted octanol–water partition coefficient (Wildman–Crippen LogP) is 3.16. The fraction of sp³-hybridized carbons (Fsp3) is 0.176. The van der Waals surface area contributed by atoms with Crippen LogP contribution in [0.4, 0.5) is 0 Å². The highest BCUT2D eigenvalue weighted by Gasteiger charge is 2.06. The van der Waals surface area contributed by atoms with Gasteiger partial charge in [-0.3, -0.25) is 9.78 Å². The van der Waals surface area contributed by atoms with Crippen LogP contribution in [0.25, 0.3) is 10.9 Å². The van der Waals surface area contributed by atoms with Crippen LogP contribution >= 0.6 is 15.9 Å².